The fourth-order valence-electron chi connectivity index (χ4n) is 5.10. The van der Waals surface area contributed by atoms with Gasteiger partial charge in [0.25, 0.3) is 0 Å². The van der Waals surface area contributed by atoms with Crippen LogP contribution in [-0.2, 0) is 0 Å². The zero-order valence-corrected chi connectivity index (χ0v) is 21.6. The average molecular weight is 640 g/mol. The predicted molar refractivity (Wildman–Crippen MR) is 144 cm³/mol. The number of fused-ring (bicyclic) bond motifs is 2. The molecule has 2 aromatic carbocycles. The summed E-state index contributed by atoms with van der Waals surface area (Å²) in [5.41, 5.74) is 4.18. The van der Waals surface area contributed by atoms with Crippen LogP contribution in [0.25, 0.3) is 10.9 Å². The van der Waals surface area contributed by atoms with E-state index in [1.807, 2.05) is 24.3 Å². The summed E-state index contributed by atoms with van der Waals surface area (Å²) in [5, 5.41) is 7.21. The molecule has 1 aromatic heterocycles. The van der Waals surface area contributed by atoms with Gasteiger partial charge in [-0.15, -0.1) is 0 Å². The highest BCUT2D eigenvalue weighted by atomic mass is 127. The minimum atomic E-state index is -0.217. The highest BCUT2D eigenvalue weighted by molar-refractivity contribution is 14.1. The molecule has 0 radical (unpaired) electrons. The molecular weight excluding hydrogens is 614 g/mol. The third-order valence-corrected chi connectivity index (χ3v) is 8.22. The van der Waals surface area contributed by atoms with E-state index in [1.165, 1.54) is 56.1 Å². The first-order chi connectivity index (χ1) is 15.1. The van der Waals surface area contributed by atoms with Crippen molar-refractivity contribution >= 4 is 73.5 Å². The number of aromatic amines is 1. The Balaban J connectivity index is 1.32. The van der Waals surface area contributed by atoms with Gasteiger partial charge in [0.15, 0.2) is 0 Å². The molecule has 7 heteroatoms. The van der Waals surface area contributed by atoms with Gasteiger partial charge in [-0.2, -0.15) is 0 Å². The van der Waals surface area contributed by atoms with Crippen LogP contribution < -0.4 is 10.6 Å². The second-order valence-electron chi connectivity index (χ2n) is 8.61. The van der Waals surface area contributed by atoms with Crippen LogP contribution in [0.5, 0.6) is 0 Å². The average Bonchev–Trinajstić information content (AvgIpc) is 3.18. The molecule has 0 aliphatic carbocycles. The lowest BCUT2D eigenvalue weighted by Gasteiger charge is -2.42. The Hall–Kier alpha value is -1.33. The monoisotopic (exact) mass is 640 g/mol. The number of rotatable bonds is 3. The molecule has 2 amide bonds. The van der Waals surface area contributed by atoms with Crippen molar-refractivity contribution in [3.63, 3.8) is 0 Å². The maximum atomic E-state index is 12.6. The van der Waals surface area contributed by atoms with Crippen molar-refractivity contribution in [2.24, 2.45) is 0 Å². The van der Waals surface area contributed by atoms with Crippen LogP contribution in [-0.4, -0.2) is 35.0 Å². The van der Waals surface area contributed by atoms with Crippen molar-refractivity contribution in [1.82, 2.24) is 9.88 Å². The number of urea groups is 1. The van der Waals surface area contributed by atoms with Crippen molar-refractivity contribution < 1.29 is 4.79 Å². The lowest BCUT2D eigenvalue weighted by molar-refractivity contribution is 0.0977. The molecule has 5 rings (SSSR count). The highest BCUT2D eigenvalue weighted by Crippen LogP contribution is 2.38. The van der Waals surface area contributed by atoms with Crippen LogP contribution in [0.4, 0.5) is 16.2 Å². The SMILES string of the molecule is O=C(Nc1ccc2[nH]cc(C3CCN4CCCCC4C3)c2c1)Nc1ccc(I)cc1I. The summed E-state index contributed by atoms with van der Waals surface area (Å²) in [6.45, 7) is 2.48. The molecule has 0 bridgehead atoms. The molecule has 2 saturated heterocycles. The van der Waals surface area contributed by atoms with Gasteiger partial charge >= 0.3 is 6.03 Å². The molecule has 162 valence electrons. The summed E-state index contributed by atoms with van der Waals surface area (Å²) in [4.78, 5) is 18.7. The Morgan fingerprint density at radius 3 is 2.81 bits per heavy atom. The summed E-state index contributed by atoms with van der Waals surface area (Å²) in [5.74, 6) is 0.588. The second kappa shape index (κ2) is 9.27. The third-order valence-electron chi connectivity index (χ3n) is 6.66. The van der Waals surface area contributed by atoms with E-state index in [-0.39, 0.29) is 6.03 Å². The fourth-order valence-corrected chi connectivity index (χ4v) is 6.84. The molecule has 3 aromatic rings. The lowest BCUT2D eigenvalue weighted by atomic mass is 9.82. The summed E-state index contributed by atoms with van der Waals surface area (Å²) in [6.07, 6.45) is 8.70. The number of nitrogens with zero attached hydrogens (tertiary/aromatic N) is 1. The topological polar surface area (TPSA) is 60.2 Å². The number of amides is 2. The maximum absolute atomic E-state index is 12.6. The van der Waals surface area contributed by atoms with Crippen molar-refractivity contribution in [2.45, 2.75) is 44.1 Å². The van der Waals surface area contributed by atoms with E-state index < -0.39 is 0 Å². The number of aromatic nitrogens is 1. The zero-order chi connectivity index (χ0) is 21.4. The third kappa shape index (κ3) is 4.73. The van der Waals surface area contributed by atoms with Crippen molar-refractivity contribution in [1.29, 1.82) is 0 Å². The van der Waals surface area contributed by atoms with E-state index >= 15 is 0 Å². The quantitative estimate of drug-likeness (QED) is 0.278. The van der Waals surface area contributed by atoms with Crippen molar-refractivity contribution in [3.8, 4) is 0 Å². The molecule has 2 aliphatic heterocycles. The number of piperidine rings is 2. The largest absolute Gasteiger partial charge is 0.361 e. The fraction of sp³-hybridized carbons (Fsp3) is 0.375. The highest BCUT2D eigenvalue weighted by Gasteiger charge is 2.31. The van der Waals surface area contributed by atoms with Gasteiger partial charge in [-0.3, -0.25) is 0 Å². The molecule has 2 atom stereocenters. The van der Waals surface area contributed by atoms with E-state index in [0.717, 1.165) is 30.1 Å². The Kier molecular flexibility index (Phi) is 6.43. The van der Waals surface area contributed by atoms with E-state index in [2.05, 4.69) is 84.0 Å². The number of halogens is 2. The van der Waals surface area contributed by atoms with E-state index in [0.29, 0.717) is 5.92 Å². The van der Waals surface area contributed by atoms with E-state index in [4.69, 9.17) is 0 Å². The normalized spacial score (nSPS) is 21.6. The molecule has 0 spiro atoms. The minimum Gasteiger partial charge on any atom is -0.361 e. The molecule has 5 nitrogen and oxygen atoms in total. The lowest BCUT2D eigenvalue weighted by Crippen LogP contribution is -2.44. The summed E-state index contributed by atoms with van der Waals surface area (Å²) >= 11 is 4.52. The van der Waals surface area contributed by atoms with Crippen molar-refractivity contribution in [3.05, 3.63) is 55.3 Å². The first-order valence-corrected chi connectivity index (χ1v) is 13.1. The number of anilines is 2. The zero-order valence-electron chi connectivity index (χ0n) is 17.3. The van der Waals surface area contributed by atoms with Crippen LogP contribution in [0.2, 0.25) is 0 Å². The number of benzene rings is 2. The van der Waals surface area contributed by atoms with Gasteiger partial charge in [0.1, 0.15) is 0 Å². The van der Waals surface area contributed by atoms with Crippen LogP contribution in [0.15, 0.2) is 42.6 Å². The van der Waals surface area contributed by atoms with Gasteiger partial charge < -0.3 is 20.5 Å². The van der Waals surface area contributed by atoms with Crippen LogP contribution in [0.3, 0.4) is 0 Å². The second-order valence-corrected chi connectivity index (χ2v) is 11.0. The minimum absolute atomic E-state index is 0.217. The number of hydrogen-bond donors (Lipinski definition) is 3. The maximum Gasteiger partial charge on any atom is 0.323 e. The van der Waals surface area contributed by atoms with Gasteiger partial charge in [-0.25, -0.2) is 4.79 Å². The van der Waals surface area contributed by atoms with E-state index in [9.17, 15) is 4.79 Å². The molecule has 2 fully saturated rings. The first kappa shape index (κ1) is 21.5. The summed E-state index contributed by atoms with van der Waals surface area (Å²) in [6, 6.07) is 12.7. The number of hydrogen-bond acceptors (Lipinski definition) is 2. The number of H-pyrrole nitrogens is 1. The van der Waals surface area contributed by atoms with Gasteiger partial charge in [0.05, 0.1) is 5.69 Å². The molecule has 31 heavy (non-hydrogen) atoms. The first-order valence-electron chi connectivity index (χ1n) is 10.9. The Morgan fingerprint density at radius 1 is 1.03 bits per heavy atom. The number of carbonyl (C=O) groups excluding carboxylic acids is 1. The smallest absolute Gasteiger partial charge is 0.323 e. The summed E-state index contributed by atoms with van der Waals surface area (Å²) in [7, 11) is 0. The molecule has 2 aliphatic rings. The van der Waals surface area contributed by atoms with Gasteiger partial charge in [0, 0.05) is 36.0 Å². The van der Waals surface area contributed by atoms with Crippen molar-refractivity contribution in [2.75, 3.05) is 23.7 Å². The Labute approximate surface area is 210 Å². The summed E-state index contributed by atoms with van der Waals surface area (Å²) < 4.78 is 2.18. The van der Waals surface area contributed by atoms with Gasteiger partial charge in [0.2, 0.25) is 0 Å². The van der Waals surface area contributed by atoms with Crippen LogP contribution in [0, 0.1) is 7.14 Å². The Bertz CT molecular complexity index is 1110. The molecule has 0 saturated carbocycles. The number of carbonyl (C=O) groups is 1. The van der Waals surface area contributed by atoms with Gasteiger partial charge in [-0.05, 0) is 132 Å². The standard InChI is InChI=1S/C24H26I2N4O/c25-16-4-6-23(21(26)12-16)29-24(31)28-17-5-7-22-19(13-17)20(14-27-22)15-8-10-30-9-2-1-3-18(30)11-15/h4-7,12-15,18,27H,1-3,8-11H2,(H2,28,29,31). The molecule has 2 unspecified atom stereocenters. The predicted octanol–water partition coefficient (Wildman–Crippen LogP) is 6.75. The van der Waals surface area contributed by atoms with Crippen LogP contribution in [0.1, 0.15) is 43.6 Å². The van der Waals surface area contributed by atoms with Crippen LogP contribution >= 0.6 is 45.2 Å². The molecule has 3 heterocycles. The number of nitrogens with one attached hydrogen (secondary N) is 3. The molecule has 3 N–H and O–H groups in total. The van der Waals surface area contributed by atoms with Gasteiger partial charge in [-0.1, -0.05) is 6.42 Å². The molecular formula is C24H26I2N4O. The van der Waals surface area contributed by atoms with E-state index in [1.54, 1.807) is 0 Å². The Morgan fingerprint density at radius 2 is 1.94 bits per heavy atom.